The van der Waals surface area contributed by atoms with Crippen molar-refractivity contribution in [1.82, 2.24) is 85.6 Å². The molecule has 0 aliphatic carbocycles. The maximum Gasteiger partial charge on any atom is 0.186 e. The van der Waals surface area contributed by atoms with Crippen molar-refractivity contribution >= 4 is 136 Å². The van der Waals surface area contributed by atoms with Crippen LogP contribution in [0.5, 0.6) is 23.0 Å². The lowest BCUT2D eigenvalue weighted by molar-refractivity contribution is 0.417. The van der Waals surface area contributed by atoms with Gasteiger partial charge in [-0.3, -0.25) is 25.4 Å². The van der Waals surface area contributed by atoms with E-state index in [1.807, 2.05) is 113 Å². The van der Waals surface area contributed by atoms with Crippen LogP contribution >= 0.6 is 45.3 Å². The first-order chi connectivity index (χ1) is 58.5. The van der Waals surface area contributed by atoms with Gasteiger partial charge in [0.15, 0.2) is 22.6 Å². The molecule has 0 atom stereocenters. The van der Waals surface area contributed by atoms with Crippen LogP contribution in [0.2, 0.25) is 0 Å². The summed E-state index contributed by atoms with van der Waals surface area (Å²) in [5, 5.41) is 63.3. The molecule has 8 N–H and O–H groups in total. The van der Waals surface area contributed by atoms with Crippen LogP contribution in [0.1, 0.15) is 16.7 Å². The molecular weight excluding hydrogens is 1570 g/mol. The number of rotatable bonds is 20. The maximum absolute atomic E-state index is 5.61. The Balaban J connectivity index is 0.000000113. The van der Waals surface area contributed by atoms with E-state index in [2.05, 4.69) is 246 Å². The highest BCUT2D eigenvalue weighted by Gasteiger charge is 2.23. The predicted molar refractivity (Wildman–Crippen MR) is 479 cm³/mol. The summed E-state index contributed by atoms with van der Waals surface area (Å²) in [6.07, 6.45) is 9.63. The lowest BCUT2D eigenvalue weighted by Gasteiger charge is -2.14. The van der Waals surface area contributed by atoms with Gasteiger partial charge in [0.2, 0.25) is 0 Å². The van der Waals surface area contributed by atoms with Crippen LogP contribution in [0.15, 0.2) is 263 Å². The number of fused-ring (bicyclic) bond motifs is 4. The Morgan fingerprint density at radius 1 is 0.294 bits per heavy atom. The van der Waals surface area contributed by atoms with Gasteiger partial charge in [-0.25, -0.2) is 39.9 Å². The zero-order valence-electron chi connectivity index (χ0n) is 65.0. The summed E-state index contributed by atoms with van der Waals surface area (Å²) in [7, 11) is 6.64. The molecule has 29 heteroatoms. The normalized spacial score (nSPS) is 11.0. The summed E-state index contributed by atoms with van der Waals surface area (Å²) >= 11 is 6.53. The number of hydrogen-bond donors (Lipinski definition) is 8. The number of ether oxygens (including phenoxy) is 4. The molecule has 0 saturated heterocycles. The second-order valence-corrected chi connectivity index (χ2v) is 30.2. The number of pyridine rings is 1. The molecule has 0 aliphatic heterocycles. The standard InChI is InChI=1S/3C23H19N5OS.C21H16N6OS/c1-14-3-5-15(6-4-14)16-7-8-19(29-2)18(11-16)26-22-20-21(17-9-10-30-12-17)27-28-23(20)25-13-24-22;1-14-4-3-5-15(10-14)16-6-7-19(29-2)18(11-16)26-22-20-21(17-8-9-30-12-17)27-28-23(20)25-13-24-22;1-14-5-3-4-6-17(14)15-7-8-19(29-2)18(11-15)26-22-20-21(16-9-10-30-12-16)27-28-23(20)25-13-24-22;1-28-17-5-4-13(14-3-2-7-22-10-14)9-16(17)25-20-18-19(15-6-8-29-11-15)26-27-21(18)24-12-23-20/h3*3-13H,1-2H3,(H2,24,25,26,27,28);2-12H,1H3,(H2,23,24,25,26,27). The van der Waals surface area contributed by atoms with Crippen LogP contribution < -0.4 is 40.2 Å². The highest BCUT2D eigenvalue weighted by atomic mass is 32.1. The Hall–Kier alpha value is -14.9. The Morgan fingerprint density at radius 3 is 0.992 bits per heavy atom. The van der Waals surface area contributed by atoms with Crippen molar-refractivity contribution in [2.75, 3.05) is 49.7 Å². The lowest BCUT2D eigenvalue weighted by atomic mass is 10.00. The van der Waals surface area contributed by atoms with Crippen molar-refractivity contribution in [3.63, 3.8) is 0 Å². The summed E-state index contributed by atoms with van der Waals surface area (Å²) in [4.78, 5) is 39.4. The quantitative estimate of drug-likeness (QED) is 0.0351. The van der Waals surface area contributed by atoms with Crippen LogP contribution in [0.4, 0.5) is 46.0 Å². The number of aryl methyl sites for hydroxylation is 3. The molecule has 25 nitrogen and oxygen atoms in total. The van der Waals surface area contributed by atoms with Crippen molar-refractivity contribution in [2.45, 2.75) is 20.8 Å². The van der Waals surface area contributed by atoms with Crippen molar-refractivity contribution in [3.05, 3.63) is 279 Å². The average molecular weight is 1640 g/mol. The van der Waals surface area contributed by atoms with Gasteiger partial charge < -0.3 is 40.2 Å². The molecule has 20 aromatic rings. The number of benzene rings is 7. The fourth-order valence-electron chi connectivity index (χ4n) is 13.7. The molecule has 0 amide bonds. The first-order valence-electron chi connectivity index (χ1n) is 37.3. The monoisotopic (exact) mass is 1640 g/mol. The SMILES string of the molecule is COc1ccc(-c2ccc(C)cc2)cc1Nc1ncnc2n[nH]c(-c3ccsc3)c12.COc1ccc(-c2cccc(C)c2)cc1Nc1ncnc2n[nH]c(-c3ccsc3)c12.COc1ccc(-c2ccccc2C)cc1Nc1ncnc2n[nH]c(-c3ccsc3)c12.COc1ccc(-c2cccnc2)cc1Nc1ncnc2n[nH]c(-c3ccsc3)c12. The van der Waals surface area contributed by atoms with Gasteiger partial charge in [-0.1, -0.05) is 114 Å². The highest BCUT2D eigenvalue weighted by molar-refractivity contribution is 7.09. The summed E-state index contributed by atoms with van der Waals surface area (Å²) in [6, 6.07) is 61.6. The van der Waals surface area contributed by atoms with E-state index in [0.717, 1.165) is 146 Å². The fourth-order valence-corrected chi connectivity index (χ4v) is 16.3. The molecule has 0 bridgehead atoms. The molecule has 13 heterocycles. The van der Waals surface area contributed by atoms with Crippen LogP contribution in [0, 0.1) is 20.8 Å². The molecule has 119 heavy (non-hydrogen) atoms. The molecule has 0 radical (unpaired) electrons. The van der Waals surface area contributed by atoms with Gasteiger partial charge in [-0.2, -0.15) is 65.7 Å². The number of thiophene rings is 4. The van der Waals surface area contributed by atoms with E-state index in [0.29, 0.717) is 51.6 Å². The van der Waals surface area contributed by atoms with Crippen LogP contribution in [-0.2, 0) is 0 Å². The first kappa shape index (κ1) is 76.7. The van der Waals surface area contributed by atoms with E-state index in [1.165, 1.54) is 47.6 Å². The van der Waals surface area contributed by atoms with Gasteiger partial charge in [0, 0.05) is 61.7 Å². The number of nitrogens with zero attached hydrogens (tertiary/aromatic N) is 13. The van der Waals surface area contributed by atoms with E-state index < -0.39 is 0 Å². The number of nitrogens with one attached hydrogen (secondary N) is 8. The molecule has 0 unspecified atom stereocenters. The van der Waals surface area contributed by atoms with E-state index in [9.17, 15) is 0 Å². The predicted octanol–water partition coefficient (Wildman–Crippen LogP) is 22.3. The van der Waals surface area contributed by atoms with Gasteiger partial charge in [-0.05, 0) is 166 Å². The molecule has 13 aromatic heterocycles. The third-order valence-electron chi connectivity index (χ3n) is 19.6. The van der Waals surface area contributed by atoms with Crippen molar-refractivity contribution in [2.24, 2.45) is 0 Å². The summed E-state index contributed by atoms with van der Waals surface area (Å²) < 4.78 is 22.4. The first-order valence-corrected chi connectivity index (χ1v) is 41.1. The van der Waals surface area contributed by atoms with Gasteiger partial charge >= 0.3 is 0 Å². The van der Waals surface area contributed by atoms with Crippen molar-refractivity contribution in [1.29, 1.82) is 0 Å². The number of anilines is 8. The van der Waals surface area contributed by atoms with E-state index >= 15 is 0 Å². The highest BCUT2D eigenvalue weighted by Crippen LogP contribution is 2.43. The molecule has 20 rings (SSSR count). The van der Waals surface area contributed by atoms with Crippen molar-refractivity contribution in [3.8, 4) is 113 Å². The minimum Gasteiger partial charge on any atom is -0.495 e. The molecular formula is C90H73N21O4S4. The molecule has 0 saturated carbocycles. The summed E-state index contributed by atoms with van der Waals surface area (Å²) in [6.45, 7) is 6.29. The fraction of sp³-hybridized carbons (Fsp3) is 0.0778. The second-order valence-electron chi connectivity index (χ2n) is 27.1. The molecule has 0 spiro atoms. The Kier molecular flexibility index (Phi) is 22.6. The Bertz CT molecular complexity index is 6880. The Labute approximate surface area is 697 Å². The van der Waals surface area contributed by atoms with Gasteiger partial charge in [-0.15, -0.1) is 0 Å². The maximum atomic E-state index is 5.61. The van der Waals surface area contributed by atoms with Crippen LogP contribution in [0.3, 0.4) is 0 Å². The topological polar surface area (TPSA) is 316 Å². The van der Waals surface area contributed by atoms with E-state index in [4.69, 9.17) is 18.9 Å². The number of H-pyrrole nitrogens is 4. The minimum atomic E-state index is 0.603. The third-order valence-corrected chi connectivity index (χ3v) is 22.4. The average Bonchev–Trinajstić information content (AvgIpc) is 1.67. The van der Waals surface area contributed by atoms with Crippen LogP contribution in [0.25, 0.3) is 134 Å². The zero-order valence-corrected chi connectivity index (χ0v) is 68.2. The second kappa shape index (κ2) is 35.0. The van der Waals surface area contributed by atoms with Crippen molar-refractivity contribution < 1.29 is 18.9 Å². The molecule has 7 aromatic carbocycles. The minimum absolute atomic E-state index is 0.603. The summed E-state index contributed by atoms with van der Waals surface area (Å²) in [5.74, 6) is 5.60. The van der Waals surface area contributed by atoms with E-state index in [-0.39, 0.29) is 0 Å². The van der Waals surface area contributed by atoms with Gasteiger partial charge in [0.25, 0.3) is 0 Å². The molecule has 586 valence electrons. The molecule has 0 fully saturated rings. The Morgan fingerprint density at radius 2 is 0.639 bits per heavy atom. The number of hydrogen-bond acceptors (Lipinski definition) is 25. The van der Waals surface area contributed by atoms with Gasteiger partial charge in [0.05, 0.1) is 95.5 Å². The van der Waals surface area contributed by atoms with E-state index in [1.54, 1.807) is 80.0 Å². The lowest BCUT2D eigenvalue weighted by Crippen LogP contribution is -1.99. The van der Waals surface area contributed by atoms with Gasteiger partial charge in [0.1, 0.15) is 71.6 Å². The van der Waals surface area contributed by atoms with Crippen LogP contribution in [-0.4, -0.2) is 114 Å². The third kappa shape index (κ3) is 16.6. The number of methoxy groups -OCH3 is 4. The number of aromatic nitrogens is 17. The zero-order chi connectivity index (χ0) is 81.1. The molecule has 0 aliphatic rings. The largest absolute Gasteiger partial charge is 0.495 e. The summed E-state index contributed by atoms with van der Waals surface area (Å²) in [5.41, 5.74) is 26.0. The number of aromatic amines is 4. The smallest absolute Gasteiger partial charge is 0.186 e.